The van der Waals surface area contributed by atoms with Crippen LogP contribution < -0.4 is 0 Å². The van der Waals surface area contributed by atoms with Gasteiger partial charge in [-0.25, -0.2) is 0 Å². The number of hydrogen-bond donors (Lipinski definition) is 7. The molecule has 0 saturated carbocycles. The number of phenolic OH excluding ortho intramolecular Hbond substituents is 3. The summed E-state index contributed by atoms with van der Waals surface area (Å²) < 4.78 is 5.36. The minimum Gasteiger partial charge on any atom is -0.507 e. The molecule has 1 heterocycles. The normalized spacial score (nSPS) is 26.5. The van der Waals surface area contributed by atoms with Crippen LogP contribution in [-0.2, 0) is 11.2 Å². The minimum atomic E-state index is -1.78. The van der Waals surface area contributed by atoms with Crippen LogP contribution in [0.5, 0.6) is 17.2 Å². The first-order chi connectivity index (χ1) is 14.3. The molecule has 1 aliphatic heterocycles. The Kier molecular flexibility index (Phi) is 6.59. The summed E-state index contributed by atoms with van der Waals surface area (Å²) in [4.78, 5) is 12.7. The van der Waals surface area contributed by atoms with E-state index in [1.807, 2.05) is 30.3 Å². The summed E-state index contributed by atoms with van der Waals surface area (Å²) in [7, 11) is 0. The maximum Gasteiger partial charge on any atom is 0.170 e. The van der Waals surface area contributed by atoms with Crippen molar-refractivity contribution in [3.63, 3.8) is 0 Å². The first kappa shape index (κ1) is 22.0. The molecule has 30 heavy (non-hydrogen) atoms. The van der Waals surface area contributed by atoms with Crippen LogP contribution in [0.3, 0.4) is 0 Å². The fraction of sp³-hybridized carbons (Fsp3) is 0.381. The van der Waals surface area contributed by atoms with Crippen LogP contribution in [-0.4, -0.2) is 72.6 Å². The Hall–Kier alpha value is -2.69. The molecular weight excluding hydrogens is 396 g/mol. The Labute approximate surface area is 172 Å². The molecule has 0 aromatic heterocycles. The predicted octanol–water partition coefficient (Wildman–Crippen LogP) is 0.134. The van der Waals surface area contributed by atoms with Gasteiger partial charge in [0.2, 0.25) is 0 Å². The molecular formula is C21H24O9. The topological polar surface area (TPSA) is 168 Å². The second kappa shape index (κ2) is 8.99. The van der Waals surface area contributed by atoms with Gasteiger partial charge in [0, 0.05) is 12.5 Å². The van der Waals surface area contributed by atoms with Crippen molar-refractivity contribution in [3.05, 3.63) is 53.1 Å². The third-order valence-corrected chi connectivity index (χ3v) is 5.24. The van der Waals surface area contributed by atoms with Crippen LogP contribution in [0.2, 0.25) is 0 Å². The van der Waals surface area contributed by atoms with Crippen molar-refractivity contribution in [2.45, 2.75) is 43.4 Å². The highest BCUT2D eigenvalue weighted by molar-refractivity contribution is 6.02. The highest BCUT2D eigenvalue weighted by Crippen LogP contribution is 2.46. The highest BCUT2D eigenvalue weighted by Gasteiger charge is 2.46. The number of ketones is 1. The molecule has 5 atom stereocenters. The van der Waals surface area contributed by atoms with Gasteiger partial charge in [-0.2, -0.15) is 0 Å². The Morgan fingerprint density at radius 2 is 1.60 bits per heavy atom. The first-order valence-corrected chi connectivity index (χ1v) is 9.41. The third kappa shape index (κ3) is 4.11. The van der Waals surface area contributed by atoms with Gasteiger partial charge >= 0.3 is 0 Å². The molecule has 0 radical (unpaired) electrons. The maximum atomic E-state index is 12.7. The van der Waals surface area contributed by atoms with E-state index in [9.17, 15) is 40.5 Å². The van der Waals surface area contributed by atoms with E-state index in [1.165, 1.54) is 0 Å². The summed E-state index contributed by atoms with van der Waals surface area (Å²) in [5, 5.41) is 70.6. The SMILES string of the molecule is O=C(CCc1ccccc1)c1c(O)cc(O)c([C@@H]2O[C@H](CO)[C@@H](O)[C@H](O)[C@H]2O)c1O. The average Bonchev–Trinajstić information content (AvgIpc) is 2.72. The Balaban J connectivity index is 1.94. The number of hydrogen-bond acceptors (Lipinski definition) is 9. The highest BCUT2D eigenvalue weighted by atomic mass is 16.5. The van der Waals surface area contributed by atoms with Gasteiger partial charge in [0.15, 0.2) is 5.78 Å². The summed E-state index contributed by atoms with van der Waals surface area (Å²) in [5.74, 6) is -2.76. The van der Waals surface area contributed by atoms with E-state index in [2.05, 4.69) is 0 Å². The summed E-state index contributed by atoms with van der Waals surface area (Å²) in [6.45, 7) is -0.704. The Morgan fingerprint density at radius 3 is 2.23 bits per heavy atom. The average molecular weight is 420 g/mol. The molecule has 0 aliphatic carbocycles. The van der Waals surface area contributed by atoms with E-state index in [-0.39, 0.29) is 6.42 Å². The van der Waals surface area contributed by atoms with E-state index in [0.717, 1.165) is 11.6 Å². The number of aromatic hydroxyl groups is 3. The smallest absolute Gasteiger partial charge is 0.170 e. The number of aliphatic hydroxyl groups is 4. The van der Waals surface area contributed by atoms with Gasteiger partial charge in [-0.3, -0.25) is 4.79 Å². The van der Waals surface area contributed by atoms with E-state index in [4.69, 9.17) is 4.74 Å². The van der Waals surface area contributed by atoms with E-state index < -0.39 is 71.3 Å². The van der Waals surface area contributed by atoms with Crippen molar-refractivity contribution in [2.75, 3.05) is 6.61 Å². The molecule has 9 nitrogen and oxygen atoms in total. The lowest BCUT2D eigenvalue weighted by molar-refractivity contribution is -0.232. The van der Waals surface area contributed by atoms with Crippen LogP contribution in [0.15, 0.2) is 36.4 Å². The first-order valence-electron chi connectivity index (χ1n) is 9.41. The van der Waals surface area contributed by atoms with Gasteiger partial charge in [0.1, 0.15) is 53.3 Å². The number of ether oxygens (including phenoxy) is 1. The largest absolute Gasteiger partial charge is 0.507 e. The number of aliphatic hydroxyl groups excluding tert-OH is 4. The number of rotatable bonds is 6. The molecule has 0 spiro atoms. The molecule has 3 rings (SSSR count). The Morgan fingerprint density at radius 1 is 0.933 bits per heavy atom. The number of carbonyl (C=O) groups excluding carboxylic acids is 1. The molecule has 0 amide bonds. The number of Topliss-reactive ketones (excluding diaryl/α,β-unsaturated/α-hetero) is 1. The molecule has 1 fully saturated rings. The van der Waals surface area contributed by atoms with Crippen molar-refractivity contribution in [3.8, 4) is 17.2 Å². The molecule has 0 bridgehead atoms. The third-order valence-electron chi connectivity index (χ3n) is 5.24. The van der Waals surface area contributed by atoms with Gasteiger partial charge in [0.25, 0.3) is 0 Å². The maximum absolute atomic E-state index is 12.7. The fourth-order valence-corrected chi connectivity index (χ4v) is 3.58. The zero-order chi connectivity index (χ0) is 22.0. The number of aryl methyl sites for hydroxylation is 1. The second-order valence-corrected chi connectivity index (χ2v) is 7.21. The van der Waals surface area contributed by atoms with E-state index in [1.54, 1.807) is 0 Å². The zero-order valence-electron chi connectivity index (χ0n) is 15.9. The molecule has 2 aromatic carbocycles. The van der Waals surface area contributed by atoms with E-state index >= 15 is 0 Å². The van der Waals surface area contributed by atoms with Crippen molar-refractivity contribution in [1.82, 2.24) is 0 Å². The lowest BCUT2D eigenvalue weighted by Gasteiger charge is -2.40. The van der Waals surface area contributed by atoms with Crippen molar-refractivity contribution in [1.29, 1.82) is 0 Å². The van der Waals surface area contributed by atoms with E-state index in [0.29, 0.717) is 6.42 Å². The van der Waals surface area contributed by atoms with Crippen LogP contribution >= 0.6 is 0 Å². The quantitative estimate of drug-likeness (QED) is 0.321. The van der Waals surface area contributed by atoms with Gasteiger partial charge in [-0.05, 0) is 12.0 Å². The molecule has 7 N–H and O–H groups in total. The number of benzene rings is 2. The van der Waals surface area contributed by atoms with Crippen LogP contribution in [0.1, 0.15) is 34.0 Å². The van der Waals surface area contributed by atoms with Crippen LogP contribution in [0, 0.1) is 0 Å². The number of carbonyl (C=O) groups is 1. The van der Waals surface area contributed by atoms with Gasteiger partial charge in [-0.1, -0.05) is 30.3 Å². The lowest BCUT2D eigenvalue weighted by Crippen LogP contribution is -2.55. The summed E-state index contributed by atoms with van der Waals surface area (Å²) in [6.07, 6.45) is -7.71. The zero-order valence-corrected chi connectivity index (χ0v) is 15.9. The van der Waals surface area contributed by atoms with Crippen LogP contribution in [0.4, 0.5) is 0 Å². The lowest BCUT2D eigenvalue weighted by atomic mass is 9.88. The molecule has 2 aromatic rings. The standard InChI is InChI=1S/C21H24O9/c22-9-14-17(26)19(28)20(29)21(30-14)16-13(25)8-12(24)15(18(16)27)11(23)7-6-10-4-2-1-3-5-10/h1-5,8,14,17,19-22,24-29H,6-7,9H2/t14-,17-,19+,20-,21+/m1/s1. The monoisotopic (exact) mass is 420 g/mol. The van der Waals surface area contributed by atoms with Gasteiger partial charge in [-0.15, -0.1) is 0 Å². The number of phenols is 3. The second-order valence-electron chi connectivity index (χ2n) is 7.21. The fourth-order valence-electron chi connectivity index (χ4n) is 3.58. The summed E-state index contributed by atoms with van der Waals surface area (Å²) in [6, 6.07) is 9.92. The van der Waals surface area contributed by atoms with Gasteiger partial charge < -0.3 is 40.5 Å². The predicted molar refractivity (Wildman–Crippen MR) is 103 cm³/mol. The molecule has 162 valence electrons. The summed E-state index contributed by atoms with van der Waals surface area (Å²) >= 11 is 0. The van der Waals surface area contributed by atoms with Crippen molar-refractivity contribution < 1.29 is 45.3 Å². The van der Waals surface area contributed by atoms with Crippen LogP contribution in [0.25, 0.3) is 0 Å². The Bertz CT molecular complexity index is 897. The molecule has 1 aliphatic rings. The van der Waals surface area contributed by atoms with Crippen molar-refractivity contribution >= 4 is 5.78 Å². The summed E-state index contributed by atoms with van der Waals surface area (Å²) in [5.41, 5.74) is -0.0267. The molecule has 1 saturated heterocycles. The molecule has 0 unspecified atom stereocenters. The molecule has 9 heteroatoms. The van der Waals surface area contributed by atoms with Crippen molar-refractivity contribution in [2.24, 2.45) is 0 Å². The van der Waals surface area contributed by atoms with Gasteiger partial charge in [0.05, 0.1) is 12.2 Å². The minimum absolute atomic E-state index is 0.0516.